The molecule has 1 aliphatic carbocycles. The molecule has 3 saturated heterocycles. The molecule has 26 heavy (non-hydrogen) atoms. The third-order valence-electron chi connectivity index (χ3n) is 6.98. The Labute approximate surface area is 153 Å². The van der Waals surface area contributed by atoms with Crippen molar-refractivity contribution >= 4 is 11.8 Å². The molecule has 0 radical (unpaired) electrons. The Morgan fingerprint density at radius 3 is 2.69 bits per heavy atom. The van der Waals surface area contributed by atoms with E-state index in [0.29, 0.717) is 30.7 Å². The molecule has 1 aromatic heterocycles. The second kappa shape index (κ2) is 6.05. The monoisotopic (exact) mass is 355 g/mol. The van der Waals surface area contributed by atoms with Crippen LogP contribution in [0.1, 0.15) is 31.2 Å². The third kappa shape index (κ3) is 2.54. The van der Waals surface area contributed by atoms with Crippen LogP contribution in [0.15, 0.2) is 24.5 Å². The van der Waals surface area contributed by atoms with Crippen molar-refractivity contribution in [1.29, 1.82) is 0 Å². The first kappa shape index (κ1) is 16.2. The Bertz CT molecular complexity index is 704. The Kier molecular flexibility index (Phi) is 3.78. The van der Waals surface area contributed by atoms with Crippen molar-refractivity contribution in [3.05, 3.63) is 30.1 Å². The molecule has 6 nitrogen and oxygen atoms in total. The number of nitrogens with zero attached hydrogens (tertiary/aromatic N) is 3. The number of carbonyl (C=O) groups excluding carboxylic acids is 2. The Hall–Kier alpha value is -1.95. The molecule has 1 saturated carbocycles. The average Bonchev–Trinajstić information content (AvgIpc) is 3.00. The summed E-state index contributed by atoms with van der Waals surface area (Å²) >= 11 is 0. The number of piperidine rings is 1. The molecule has 3 aliphatic heterocycles. The van der Waals surface area contributed by atoms with E-state index in [2.05, 4.69) is 9.88 Å². The second-order valence-electron chi connectivity index (χ2n) is 8.28. The molecule has 4 aliphatic rings. The van der Waals surface area contributed by atoms with Gasteiger partial charge in [0.15, 0.2) is 0 Å². The number of hydrogen-bond donors (Lipinski definition) is 0. The van der Waals surface area contributed by atoms with Crippen molar-refractivity contribution in [2.75, 3.05) is 26.3 Å². The molecule has 3 atom stereocenters. The Balaban J connectivity index is 1.25. The minimum Gasteiger partial charge on any atom is -0.381 e. The van der Waals surface area contributed by atoms with Crippen LogP contribution >= 0.6 is 0 Å². The molecule has 6 heteroatoms. The minimum atomic E-state index is -0.0771. The van der Waals surface area contributed by atoms with Crippen LogP contribution < -0.4 is 0 Å². The fourth-order valence-electron chi connectivity index (χ4n) is 5.28. The summed E-state index contributed by atoms with van der Waals surface area (Å²) in [6, 6.07) is 3.94. The standard InChI is InChI=1S/C20H25N3O3/c24-17-3-4-20(23(17)11-14-2-1-7-21-10-14)5-8-22(9-6-20)19(25)18-15-12-26-13-16(15)18/h1-2,7,10,15-16,18H,3-6,8-9,11-13H2/t15-,16+,18?. The third-order valence-corrected chi connectivity index (χ3v) is 6.98. The van der Waals surface area contributed by atoms with E-state index in [-0.39, 0.29) is 17.4 Å². The van der Waals surface area contributed by atoms with Gasteiger partial charge >= 0.3 is 0 Å². The summed E-state index contributed by atoms with van der Waals surface area (Å²) in [4.78, 5) is 33.6. The van der Waals surface area contributed by atoms with Gasteiger partial charge in [-0.25, -0.2) is 0 Å². The van der Waals surface area contributed by atoms with Crippen molar-refractivity contribution in [2.45, 2.75) is 37.8 Å². The molecule has 2 amide bonds. The maximum absolute atomic E-state index is 12.8. The van der Waals surface area contributed by atoms with Gasteiger partial charge in [-0.15, -0.1) is 0 Å². The number of aromatic nitrogens is 1. The number of pyridine rings is 1. The normalized spacial score (nSPS) is 32.2. The fraction of sp³-hybridized carbons (Fsp3) is 0.650. The summed E-state index contributed by atoms with van der Waals surface area (Å²) in [6.45, 7) is 3.68. The molecule has 1 aromatic rings. The number of hydrogen-bond acceptors (Lipinski definition) is 4. The summed E-state index contributed by atoms with van der Waals surface area (Å²) < 4.78 is 5.41. The number of amides is 2. The average molecular weight is 355 g/mol. The first-order chi connectivity index (χ1) is 12.7. The lowest BCUT2D eigenvalue weighted by Gasteiger charge is -2.45. The van der Waals surface area contributed by atoms with Gasteiger partial charge in [0, 0.05) is 49.9 Å². The van der Waals surface area contributed by atoms with Crippen LogP contribution in [0.25, 0.3) is 0 Å². The van der Waals surface area contributed by atoms with Crippen LogP contribution in [0.2, 0.25) is 0 Å². The van der Waals surface area contributed by atoms with E-state index in [1.165, 1.54) is 0 Å². The summed E-state index contributed by atoms with van der Waals surface area (Å²) in [5, 5.41) is 0. The summed E-state index contributed by atoms with van der Waals surface area (Å²) in [7, 11) is 0. The highest BCUT2D eigenvalue weighted by Crippen LogP contribution is 2.52. The highest BCUT2D eigenvalue weighted by molar-refractivity contribution is 5.83. The van der Waals surface area contributed by atoms with E-state index < -0.39 is 0 Å². The summed E-state index contributed by atoms with van der Waals surface area (Å²) in [6.07, 6.45) is 6.92. The number of rotatable bonds is 3. The number of carbonyl (C=O) groups is 2. The van der Waals surface area contributed by atoms with Crippen LogP contribution in [0.3, 0.4) is 0 Å². The second-order valence-corrected chi connectivity index (χ2v) is 8.28. The molecule has 0 N–H and O–H groups in total. The number of fused-ring (bicyclic) bond motifs is 1. The van der Waals surface area contributed by atoms with Gasteiger partial charge in [-0.3, -0.25) is 14.6 Å². The van der Waals surface area contributed by atoms with Gasteiger partial charge < -0.3 is 14.5 Å². The highest BCUT2D eigenvalue weighted by Gasteiger charge is 2.59. The largest absolute Gasteiger partial charge is 0.381 e. The van der Waals surface area contributed by atoms with Crippen molar-refractivity contribution in [3.8, 4) is 0 Å². The quantitative estimate of drug-likeness (QED) is 0.823. The van der Waals surface area contributed by atoms with Crippen LogP contribution in [0.4, 0.5) is 0 Å². The lowest BCUT2D eigenvalue weighted by Crippen LogP contribution is -2.54. The van der Waals surface area contributed by atoms with Gasteiger partial charge in [-0.2, -0.15) is 0 Å². The van der Waals surface area contributed by atoms with E-state index in [4.69, 9.17) is 4.74 Å². The molecular weight excluding hydrogens is 330 g/mol. The SMILES string of the molecule is O=C(C1[C@H]2COC[C@@H]12)N1CCC2(CCC(=O)N2Cc2cccnc2)CC1. The molecule has 138 valence electrons. The van der Waals surface area contributed by atoms with Crippen LogP contribution in [-0.4, -0.2) is 58.4 Å². The highest BCUT2D eigenvalue weighted by atomic mass is 16.5. The van der Waals surface area contributed by atoms with E-state index in [0.717, 1.165) is 51.1 Å². The smallest absolute Gasteiger partial charge is 0.226 e. The first-order valence-electron chi connectivity index (χ1n) is 9.74. The molecule has 0 aromatic carbocycles. The van der Waals surface area contributed by atoms with Crippen molar-refractivity contribution in [1.82, 2.24) is 14.8 Å². The van der Waals surface area contributed by atoms with E-state index >= 15 is 0 Å². The molecule has 4 heterocycles. The summed E-state index contributed by atoms with van der Waals surface area (Å²) in [5.41, 5.74) is 0.998. The lowest BCUT2D eigenvalue weighted by molar-refractivity contribution is -0.138. The molecule has 0 bridgehead atoms. The van der Waals surface area contributed by atoms with Crippen molar-refractivity contribution in [3.63, 3.8) is 0 Å². The van der Waals surface area contributed by atoms with Gasteiger partial charge in [0.25, 0.3) is 0 Å². The zero-order valence-corrected chi connectivity index (χ0v) is 15.0. The number of likely N-dealkylation sites (tertiary alicyclic amines) is 2. The Morgan fingerprint density at radius 1 is 1.23 bits per heavy atom. The molecule has 1 spiro atoms. The van der Waals surface area contributed by atoms with Gasteiger partial charge in [-0.05, 0) is 42.7 Å². The zero-order valence-electron chi connectivity index (χ0n) is 15.0. The number of ether oxygens (including phenoxy) is 1. The molecule has 4 fully saturated rings. The Morgan fingerprint density at radius 2 is 2.00 bits per heavy atom. The van der Waals surface area contributed by atoms with E-state index in [1.54, 1.807) is 6.20 Å². The zero-order chi connectivity index (χ0) is 17.7. The van der Waals surface area contributed by atoms with Crippen LogP contribution in [-0.2, 0) is 20.9 Å². The summed E-state index contributed by atoms with van der Waals surface area (Å²) in [5.74, 6) is 1.69. The van der Waals surface area contributed by atoms with E-state index in [1.807, 2.05) is 23.2 Å². The van der Waals surface area contributed by atoms with Gasteiger partial charge in [-0.1, -0.05) is 6.07 Å². The topological polar surface area (TPSA) is 62.7 Å². The minimum absolute atomic E-state index is 0.0771. The fourth-order valence-corrected chi connectivity index (χ4v) is 5.28. The van der Waals surface area contributed by atoms with Gasteiger partial charge in [0.05, 0.1) is 13.2 Å². The lowest BCUT2D eigenvalue weighted by atomic mass is 9.84. The maximum atomic E-state index is 12.8. The van der Waals surface area contributed by atoms with Gasteiger partial charge in [0.2, 0.25) is 11.8 Å². The predicted octanol–water partition coefficient (Wildman–Crippen LogP) is 1.46. The van der Waals surface area contributed by atoms with E-state index in [9.17, 15) is 9.59 Å². The van der Waals surface area contributed by atoms with Gasteiger partial charge in [0.1, 0.15) is 0 Å². The molecule has 5 rings (SSSR count). The van der Waals surface area contributed by atoms with Crippen molar-refractivity contribution < 1.29 is 14.3 Å². The van der Waals surface area contributed by atoms with Crippen LogP contribution in [0.5, 0.6) is 0 Å². The van der Waals surface area contributed by atoms with Crippen LogP contribution in [0, 0.1) is 17.8 Å². The maximum Gasteiger partial charge on any atom is 0.226 e. The van der Waals surface area contributed by atoms with Crippen molar-refractivity contribution in [2.24, 2.45) is 17.8 Å². The molecule has 1 unspecified atom stereocenters. The first-order valence-corrected chi connectivity index (χ1v) is 9.74. The molecular formula is C20H25N3O3. The predicted molar refractivity (Wildman–Crippen MR) is 93.9 cm³/mol.